The van der Waals surface area contributed by atoms with Gasteiger partial charge >= 0.3 is 6.09 Å². The average Bonchev–Trinajstić information content (AvgIpc) is 2.74. The van der Waals surface area contributed by atoms with Gasteiger partial charge < -0.3 is 14.4 Å². The monoisotopic (exact) mass is 401 g/mol. The standard InChI is InChI=1S/C21H24FN3O4/c1-5-25(21(26)27-3)19-9-7-6-8-17(19)14-29-23-15(2)20(24-28-4)16-10-12-18(22)13-11-16/h6-13H,5,14H2,1-4H3. The quantitative estimate of drug-likeness (QED) is 0.487. The summed E-state index contributed by atoms with van der Waals surface area (Å²) in [6.07, 6.45) is -0.453. The van der Waals surface area contributed by atoms with Crippen molar-refractivity contribution in [2.45, 2.75) is 20.5 Å². The third-order valence-electron chi connectivity index (χ3n) is 4.06. The van der Waals surface area contributed by atoms with E-state index in [-0.39, 0.29) is 12.4 Å². The third kappa shape index (κ3) is 5.78. The molecule has 0 bridgehead atoms. The summed E-state index contributed by atoms with van der Waals surface area (Å²) in [5, 5.41) is 8.06. The molecular weight excluding hydrogens is 377 g/mol. The molecule has 0 aliphatic rings. The first-order valence-electron chi connectivity index (χ1n) is 8.99. The lowest BCUT2D eigenvalue weighted by Crippen LogP contribution is -2.31. The molecule has 154 valence electrons. The Bertz CT molecular complexity index is 882. The van der Waals surface area contributed by atoms with Crippen LogP contribution in [-0.2, 0) is 21.0 Å². The summed E-state index contributed by atoms with van der Waals surface area (Å²) in [6.45, 7) is 4.14. The maximum absolute atomic E-state index is 13.2. The summed E-state index contributed by atoms with van der Waals surface area (Å²) in [5.74, 6) is -0.348. The van der Waals surface area contributed by atoms with Crippen molar-refractivity contribution in [3.05, 3.63) is 65.5 Å². The van der Waals surface area contributed by atoms with E-state index >= 15 is 0 Å². The van der Waals surface area contributed by atoms with Crippen LogP contribution in [0.25, 0.3) is 0 Å². The number of carbonyl (C=O) groups is 1. The van der Waals surface area contributed by atoms with Crippen molar-refractivity contribution in [2.24, 2.45) is 10.3 Å². The fourth-order valence-corrected chi connectivity index (χ4v) is 2.67. The van der Waals surface area contributed by atoms with Gasteiger partial charge in [0.05, 0.1) is 12.8 Å². The van der Waals surface area contributed by atoms with E-state index in [9.17, 15) is 9.18 Å². The zero-order valence-corrected chi connectivity index (χ0v) is 16.9. The van der Waals surface area contributed by atoms with Gasteiger partial charge in [0.2, 0.25) is 0 Å². The van der Waals surface area contributed by atoms with Gasteiger partial charge in [0.15, 0.2) is 0 Å². The highest BCUT2D eigenvalue weighted by atomic mass is 19.1. The number of carbonyl (C=O) groups excluding carboxylic acids is 1. The fraction of sp³-hybridized carbons (Fsp3) is 0.286. The summed E-state index contributed by atoms with van der Waals surface area (Å²) in [7, 11) is 2.75. The van der Waals surface area contributed by atoms with E-state index in [1.165, 1.54) is 31.3 Å². The largest absolute Gasteiger partial charge is 0.452 e. The van der Waals surface area contributed by atoms with Gasteiger partial charge in [-0.1, -0.05) is 28.5 Å². The second kappa shape index (κ2) is 10.8. The van der Waals surface area contributed by atoms with Crippen molar-refractivity contribution in [3.8, 4) is 0 Å². The van der Waals surface area contributed by atoms with E-state index < -0.39 is 6.09 Å². The first kappa shape index (κ1) is 21.9. The molecule has 2 aromatic carbocycles. The van der Waals surface area contributed by atoms with Crippen LogP contribution < -0.4 is 4.90 Å². The second-order valence-electron chi connectivity index (χ2n) is 5.92. The van der Waals surface area contributed by atoms with Gasteiger partial charge in [-0.3, -0.25) is 4.90 Å². The fourth-order valence-electron chi connectivity index (χ4n) is 2.67. The Morgan fingerprint density at radius 1 is 1.07 bits per heavy atom. The number of anilines is 1. The Morgan fingerprint density at radius 3 is 2.38 bits per heavy atom. The van der Waals surface area contributed by atoms with E-state index in [1.54, 1.807) is 19.1 Å². The first-order valence-corrected chi connectivity index (χ1v) is 8.99. The Kier molecular flexibility index (Phi) is 8.14. The number of ether oxygens (including phenoxy) is 1. The van der Waals surface area contributed by atoms with Crippen molar-refractivity contribution in [1.82, 2.24) is 0 Å². The summed E-state index contributed by atoms with van der Waals surface area (Å²) >= 11 is 0. The van der Waals surface area contributed by atoms with Crippen LogP contribution in [0.3, 0.4) is 0 Å². The zero-order valence-electron chi connectivity index (χ0n) is 16.9. The van der Waals surface area contributed by atoms with Gasteiger partial charge in [0.1, 0.15) is 31.0 Å². The lowest BCUT2D eigenvalue weighted by molar-refractivity contribution is 0.131. The number of methoxy groups -OCH3 is 1. The molecule has 0 fully saturated rings. The summed E-state index contributed by atoms with van der Waals surface area (Å²) in [6, 6.07) is 13.2. The van der Waals surface area contributed by atoms with Crippen LogP contribution in [0.15, 0.2) is 58.8 Å². The Morgan fingerprint density at radius 2 is 1.76 bits per heavy atom. The number of nitrogens with zero attached hydrogens (tertiary/aromatic N) is 3. The molecule has 0 aliphatic heterocycles. The van der Waals surface area contributed by atoms with Gasteiger partial charge in [0, 0.05) is 17.7 Å². The highest BCUT2D eigenvalue weighted by Crippen LogP contribution is 2.22. The van der Waals surface area contributed by atoms with Crippen molar-refractivity contribution in [3.63, 3.8) is 0 Å². The predicted molar refractivity (Wildman–Crippen MR) is 110 cm³/mol. The van der Waals surface area contributed by atoms with Crippen LogP contribution in [0.5, 0.6) is 0 Å². The van der Waals surface area contributed by atoms with Crippen LogP contribution in [-0.4, -0.2) is 38.3 Å². The van der Waals surface area contributed by atoms with Gasteiger partial charge in [0.25, 0.3) is 0 Å². The number of hydrogen-bond acceptors (Lipinski definition) is 6. The average molecular weight is 401 g/mol. The van der Waals surface area contributed by atoms with Crippen molar-refractivity contribution in [1.29, 1.82) is 0 Å². The molecule has 0 aliphatic carbocycles. The highest BCUT2D eigenvalue weighted by Gasteiger charge is 2.17. The van der Waals surface area contributed by atoms with Crippen LogP contribution in [0.2, 0.25) is 0 Å². The highest BCUT2D eigenvalue weighted by molar-refractivity contribution is 6.47. The molecule has 0 atom stereocenters. The molecule has 8 heteroatoms. The van der Waals surface area contributed by atoms with E-state index in [2.05, 4.69) is 10.3 Å². The van der Waals surface area contributed by atoms with E-state index in [4.69, 9.17) is 14.4 Å². The van der Waals surface area contributed by atoms with Gasteiger partial charge in [-0.05, 0) is 44.2 Å². The van der Waals surface area contributed by atoms with Crippen molar-refractivity contribution in [2.75, 3.05) is 25.7 Å². The Hall–Kier alpha value is -3.42. The molecule has 2 aromatic rings. The molecule has 1 amide bonds. The number of para-hydroxylation sites is 1. The number of hydrogen-bond donors (Lipinski definition) is 0. The van der Waals surface area contributed by atoms with E-state index in [0.29, 0.717) is 29.2 Å². The smallest absolute Gasteiger partial charge is 0.413 e. The van der Waals surface area contributed by atoms with Crippen LogP contribution in [0.1, 0.15) is 25.0 Å². The minimum Gasteiger partial charge on any atom is -0.452 e. The molecule has 29 heavy (non-hydrogen) atoms. The lowest BCUT2D eigenvalue weighted by atomic mass is 10.1. The normalized spacial score (nSPS) is 11.8. The number of rotatable bonds is 8. The minimum absolute atomic E-state index is 0.130. The second-order valence-corrected chi connectivity index (χ2v) is 5.92. The Labute approximate surface area is 169 Å². The van der Waals surface area contributed by atoms with Gasteiger partial charge in [-0.15, -0.1) is 0 Å². The van der Waals surface area contributed by atoms with Crippen molar-refractivity contribution >= 4 is 23.2 Å². The summed E-state index contributed by atoms with van der Waals surface area (Å²) in [4.78, 5) is 23.9. The number of amides is 1. The molecule has 0 saturated heterocycles. The van der Waals surface area contributed by atoms with Gasteiger partial charge in [-0.2, -0.15) is 0 Å². The first-order chi connectivity index (χ1) is 14.0. The molecule has 0 unspecified atom stereocenters. The molecule has 0 N–H and O–H groups in total. The summed E-state index contributed by atoms with van der Waals surface area (Å²) in [5.41, 5.74) is 2.96. The number of oxime groups is 2. The third-order valence-corrected chi connectivity index (χ3v) is 4.06. The molecule has 2 rings (SSSR count). The molecule has 0 aromatic heterocycles. The van der Waals surface area contributed by atoms with Crippen LogP contribution in [0, 0.1) is 5.82 Å². The molecule has 0 spiro atoms. The lowest BCUT2D eigenvalue weighted by Gasteiger charge is -2.21. The molecule has 0 heterocycles. The van der Waals surface area contributed by atoms with Crippen molar-refractivity contribution < 1.29 is 23.6 Å². The molecule has 0 saturated carbocycles. The summed E-state index contributed by atoms with van der Waals surface area (Å²) < 4.78 is 18.0. The maximum atomic E-state index is 13.2. The molecular formula is C21H24FN3O4. The Balaban J connectivity index is 2.19. The topological polar surface area (TPSA) is 72.7 Å². The SMILES string of the molecule is CCN(C(=O)OC)c1ccccc1CON=C(C)C(=NOC)c1ccc(F)cc1. The molecule has 0 radical (unpaired) electrons. The van der Waals surface area contributed by atoms with Crippen LogP contribution in [0.4, 0.5) is 14.9 Å². The van der Waals surface area contributed by atoms with Gasteiger partial charge in [-0.25, -0.2) is 9.18 Å². The van der Waals surface area contributed by atoms with Crippen LogP contribution >= 0.6 is 0 Å². The number of halogens is 1. The van der Waals surface area contributed by atoms with E-state index in [0.717, 1.165) is 5.56 Å². The maximum Gasteiger partial charge on any atom is 0.413 e. The van der Waals surface area contributed by atoms with E-state index in [1.807, 2.05) is 31.2 Å². The predicted octanol–water partition coefficient (Wildman–Crippen LogP) is 4.36. The molecule has 7 nitrogen and oxygen atoms in total. The minimum atomic E-state index is -0.453. The zero-order chi connectivity index (χ0) is 21.2. The number of benzene rings is 2.